The molecule has 0 aliphatic carbocycles. The van der Waals surface area contributed by atoms with E-state index in [1.807, 2.05) is 44.9 Å². The molecule has 3 aliphatic rings. The molecule has 3 aliphatic heterocycles. The molecule has 4 heterocycles. The summed E-state index contributed by atoms with van der Waals surface area (Å²) in [4.78, 5) is 22.4. The number of ether oxygens (including phenoxy) is 6. The second kappa shape index (κ2) is 27.3. The van der Waals surface area contributed by atoms with E-state index in [4.69, 9.17) is 40.7 Å². The standard InChI is InChI=1S/C56H87BrF2N6O11/c1-14-45-56(70,15-2)49(66)36(7)64(12)30-32(3)26-54(9,69)51(34(5)48(35(6)53(68)74-45)75-47-27-55(10,71-13)50(67)37(8)73-47)76-46-25-42(22-33(4)72-46)63(11)21-20-41(60)31-65(61)43(28-58)23-38-16-18-39(19-17-38)44-24-40(57)29-62-52(44)59/h2,16-19,24,29,31-37,42-43,45-51,66-67,69-70H,14,20-23,25-28,30,60-61H2,1,3-13H3/p+1/b41-31-/t32-,33-,34+,35-,36-,37+,42+,43+,45-,46+,47+,48+,49-,50+,51-,54-,55-,56-/m1/s1. The van der Waals surface area contributed by atoms with Gasteiger partial charge in [-0.15, -0.1) is 6.42 Å². The summed E-state index contributed by atoms with van der Waals surface area (Å²) < 4.78 is 68.1. The first-order valence-corrected chi connectivity index (χ1v) is 27.5. The Hall–Kier alpha value is -3.24. The molecule has 76 heavy (non-hydrogen) atoms. The van der Waals surface area contributed by atoms with Crippen LogP contribution < -0.4 is 11.6 Å². The van der Waals surface area contributed by atoms with Crippen molar-refractivity contribution in [2.75, 3.05) is 41.0 Å². The van der Waals surface area contributed by atoms with Gasteiger partial charge in [0.15, 0.2) is 18.2 Å². The van der Waals surface area contributed by atoms with E-state index in [1.165, 1.54) is 18.3 Å². The minimum absolute atomic E-state index is 0.0431. The van der Waals surface area contributed by atoms with Gasteiger partial charge in [0, 0.05) is 73.7 Å². The SMILES string of the molecule is C#C[C@]1(O)[C@H](O)[C@@H](C)N(C)C[C@H](C)C[C@@](C)(O)[C@H](O[C@H]2C[C@@H](N(C)CC/C([NH3+])=C/N(N)[C@H](CF)Cc3ccc(-c4cc(Br)cnc4F)cc3)C[C@@H](C)O2)[C@@H](C)[C@H](O[C@H]2C[C@@](C)(OC)[C@@H](O)[C@H](C)O2)[C@@H](C)C(=O)O[C@@H]1CC. The van der Waals surface area contributed by atoms with Crippen molar-refractivity contribution in [1.29, 1.82) is 0 Å². The van der Waals surface area contributed by atoms with Crippen LogP contribution in [0.2, 0.25) is 0 Å². The van der Waals surface area contributed by atoms with E-state index in [-0.39, 0.29) is 37.3 Å². The summed E-state index contributed by atoms with van der Waals surface area (Å²) in [6.07, 6.45) is 2.58. The number of quaternary nitrogens is 1. The molecule has 20 heteroatoms. The number of rotatable bonds is 16. The summed E-state index contributed by atoms with van der Waals surface area (Å²) in [5.41, 5.74) is 1.85. The average molecular weight is 1140 g/mol. The minimum Gasteiger partial charge on any atom is -0.458 e. The van der Waals surface area contributed by atoms with Crippen LogP contribution in [0.1, 0.15) is 106 Å². The molecule has 428 valence electrons. The van der Waals surface area contributed by atoms with Crippen molar-refractivity contribution in [1.82, 2.24) is 19.8 Å². The number of esters is 1. The molecule has 2 aromatic rings. The number of cyclic esters (lactones) is 1. The third-order valence-corrected chi connectivity index (χ3v) is 16.6. The monoisotopic (exact) mass is 1140 g/mol. The van der Waals surface area contributed by atoms with Crippen molar-refractivity contribution in [3.8, 4) is 23.5 Å². The summed E-state index contributed by atoms with van der Waals surface area (Å²) in [6, 6.07) is 7.44. The van der Waals surface area contributed by atoms with Gasteiger partial charge in [0.2, 0.25) is 5.95 Å². The molecule has 0 radical (unpaired) electrons. The van der Waals surface area contributed by atoms with E-state index in [0.29, 0.717) is 60.1 Å². The third kappa shape index (κ3) is 15.6. The van der Waals surface area contributed by atoms with Crippen LogP contribution in [0.15, 0.2) is 52.9 Å². The zero-order chi connectivity index (χ0) is 56.6. The first kappa shape index (κ1) is 63.6. The summed E-state index contributed by atoms with van der Waals surface area (Å²) in [5, 5.41) is 49.0. The Morgan fingerprint density at radius 2 is 1.75 bits per heavy atom. The van der Waals surface area contributed by atoms with Gasteiger partial charge in [0.25, 0.3) is 0 Å². The van der Waals surface area contributed by atoms with Crippen molar-refractivity contribution >= 4 is 21.9 Å². The number of terminal acetylenes is 1. The number of aliphatic hydroxyl groups excluding tert-OH is 2. The van der Waals surface area contributed by atoms with E-state index in [9.17, 15) is 34.0 Å². The van der Waals surface area contributed by atoms with Crippen LogP contribution in [-0.4, -0.2) is 177 Å². The molecular weight excluding hydrogens is 1050 g/mol. The number of alkyl halides is 1. The van der Waals surface area contributed by atoms with E-state index in [0.717, 1.165) is 5.56 Å². The van der Waals surface area contributed by atoms with E-state index < -0.39 is 109 Å². The lowest BCUT2D eigenvalue weighted by atomic mass is 9.77. The molecule has 0 amide bonds. The number of methoxy groups -OCH3 is 1. The maximum Gasteiger partial charge on any atom is 0.311 e. The average Bonchev–Trinajstić information content (AvgIpc) is 3.37. The molecule has 5 rings (SSSR count). The van der Waals surface area contributed by atoms with Crippen molar-refractivity contribution in [2.45, 2.75) is 197 Å². The fraction of sp³-hybridized carbons (Fsp3) is 0.714. The Morgan fingerprint density at radius 1 is 1.08 bits per heavy atom. The molecule has 1 aromatic heterocycles. The molecule has 0 spiro atoms. The van der Waals surface area contributed by atoms with Gasteiger partial charge in [-0.2, -0.15) is 4.39 Å². The lowest BCUT2D eigenvalue weighted by molar-refractivity contribution is -0.309. The van der Waals surface area contributed by atoms with Crippen LogP contribution in [0, 0.1) is 36.0 Å². The quantitative estimate of drug-likeness (QED) is 0.0422. The fourth-order valence-electron chi connectivity index (χ4n) is 11.4. The van der Waals surface area contributed by atoms with Gasteiger partial charge >= 0.3 is 5.97 Å². The van der Waals surface area contributed by atoms with Gasteiger partial charge in [-0.1, -0.05) is 51.0 Å². The number of halogens is 3. The number of pyridine rings is 1. The maximum absolute atomic E-state index is 14.5. The van der Waals surface area contributed by atoms with Crippen LogP contribution in [0.3, 0.4) is 0 Å². The number of benzene rings is 1. The smallest absolute Gasteiger partial charge is 0.311 e. The number of likely N-dealkylation sites (N-methyl/N-ethyl adjacent to an activating group) is 1. The highest BCUT2D eigenvalue weighted by Crippen LogP contribution is 2.40. The molecule has 9 N–H and O–H groups in total. The summed E-state index contributed by atoms with van der Waals surface area (Å²) in [7, 11) is 5.30. The molecule has 0 unspecified atom stereocenters. The highest BCUT2D eigenvalue weighted by molar-refractivity contribution is 9.10. The minimum atomic E-state index is -2.26. The van der Waals surface area contributed by atoms with Crippen LogP contribution in [0.4, 0.5) is 8.78 Å². The fourth-order valence-corrected chi connectivity index (χ4v) is 11.7. The van der Waals surface area contributed by atoms with Crippen LogP contribution in [0.25, 0.3) is 11.1 Å². The predicted octanol–water partition coefficient (Wildman–Crippen LogP) is 5.11. The number of carbonyl (C=O) groups is 1. The highest BCUT2D eigenvalue weighted by atomic mass is 79.9. The second-order valence-electron chi connectivity index (χ2n) is 22.5. The normalized spacial score (nSPS) is 37.2. The summed E-state index contributed by atoms with van der Waals surface area (Å²) in [5.74, 6) is 5.37. The van der Waals surface area contributed by atoms with Crippen LogP contribution >= 0.6 is 15.9 Å². The molecule has 18 atom stereocenters. The summed E-state index contributed by atoms with van der Waals surface area (Å²) >= 11 is 3.34. The first-order valence-electron chi connectivity index (χ1n) is 26.7. The Bertz CT molecular complexity index is 2270. The Morgan fingerprint density at radius 3 is 2.37 bits per heavy atom. The number of hydrazine groups is 1. The lowest BCUT2D eigenvalue weighted by Gasteiger charge is -2.48. The number of hydrogen-bond acceptors (Lipinski definition) is 16. The molecule has 3 saturated heterocycles. The number of aromatic nitrogens is 1. The van der Waals surface area contributed by atoms with Crippen molar-refractivity contribution < 1.29 is 68.2 Å². The molecule has 3 fully saturated rings. The largest absolute Gasteiger partial charge is 0.458 e. The van der Waals surface area contributed by atoms with Gasteiger partial charge in [-0.25, -0.2) is 15.2 Å². The van der Waals surface area contributed by atoms with Crippen molar-refractivity contribution in [3.63, 3.8) is 0 Å². The molecular formula is C56H88BrF2N6O11+. The highest BCUT2D eigenvalue weighted by Gasteiger charge is 2.53. The number of hydrogen-bond donors (Lipinski definition) is 6. The zero-order valence-electron chi connectivity index (χ0n) is 46.7. The van der Waals surface area contributed by atoms with Gasteiger partial charge < -0.3 is 69.4 Å². The van der Waals surface area contributed by atoms with E-state index in [2.05, 4.69) is 37.5 Å². The van der Waals surface area contributed by atoms with Crippen molar-refractivity contribution in [2.24, 2.45) is 23.6 Å². The molecule has 0 saturated carbocycles. The third-order valence-electron chi connectivity index (χ3n) is 16.2. The topological polar surface area (TPSA) is 230 Å². The number of carbonyl (C=O) groups excluding carboxylic acids is 1. The first-order chi connectivity index (χ1) is 35.6. The van der Waals surface area contributed by atoms with Crippen molar-refractivity contribution in [3.05, 3.63) is 64.4 Å². The summed E-state index contributed by atoms with van der Waals surface area (Å²) in [6.45, 7) is 16.3. The molecule has 17 nitrogen and oxygen atoms in total. The number of aliphatic hydroxyl groups is 4. The molecule has 0 bridgehead atoms. The van der Waals surface area contributed by atoms with E-state index >= 15 is 0 Å². The Balaban J connectivity index is 1.38. The number of nitrogens with two attached hydrogens (primary N) is 1. The second-order valence-corrected chi connectivity index (χ2v) is 23.4. The van der Waals surface area contributed by atoms with Gasteiger partial charge in [0.1, 0.15) is 30.7 Å². The van der Waals surface area contributed by atoms with Gasteiger partial charge in [-0.05, 0) is 120 Å². The van der Waals surface area contributed by atoms with Gasteiger partial charge in [-0.3, -0.25) is 4.79 Å². The molecule has 1 aromatic carbocycles. The maximum atomic E-state index is 14.5. The predicted molar refractivity (Wildman–Crippen MR) is 287 cm³/mol. The number of nitrogens with zero attached hydrogens (tertiary/aromatic N) is 4. The lowest BCUT2D eigenvalue weighted by Crippen LogP contribution is -2.60. The Labute approximate surface area is 458 Å². The van der Waals surface area contributed by atoms with Crippen LogP contribution in [-0.2, 0) is 39.6 Å². The van der Waals surface area contributed by atoms with Crippen LogP contribution in [0.5, 0.6) is 0 Å². The van der Waals surface area contributed by atoms with Gasteiger partial charge in [0.05, 0.1) is 53.8 Å². The van der Waals surface area contributed by atoms with E-state index in [1.54, 1.807) is 73.0 Å². The Kier molecular flexibility index (Phi) is 22.8. The zero-order valence-corrected chi connectivity index (χ0v) is 48.3.